The zero-order valence-corrected chi connectivity index (χ0v) is 11.6. The molecule has 2 aromatic rings. The molecule has 1 heteroatoms. The van der Waals surface area contributed by atoms with Crippen molar-refractivity contribution in [2.24, 2.45) is 0 Å². The van der Waals surface area contributed by atoms with Crippen molar-refractivity contribution >= 4 is 6.08 Å². The van der Waals surface area contributed by atoms with Crippen LogP contribution in [0.2, 0.25) is 0 Å². The standard InChI is InChI=1S/C18H20O/c1-14-4-3-5-17(12-14)13-15(2)6-7-16-8-10-18(19)11-9-16/h3-5,8-13,19H,6-7H2,1-2H3/b15-13+. The van der Waals surface area contributed by atoms with E-state index in [1.54, 1.807) is 12.1 Å². The second-order valence-corrected chi connectivity index (χ2v) is 5.07. The Kier molecular flexibility index (Phi) is 4.40. The van der Waals surface area contributed by atoms with Gasteiger partial charge in [0.15, 0.2) is 0 Å². The minimum Gasteiger partial charge on any atom is -0.508 e. The number of aryl methyl sites for hydroxylation is 2. The van der Waals surface area contributed by atoms with E-state index < -0.39 is 0 Å². The Morgan fingerprint density at radius 1 is 1.11 bits per heavy atom. The lowest BCUT2D eigenvalue weighted by Gasteiger charge is -2.04. The fourth-order valence-electron chi connectivity index (χ4n) is 2.12. The zero-order valence-electron chi connectivity index (χ0n) is 11.6. The quantitative estimate of drug-likeness (QED) is 0.833. The summed E-state index contributed by atoms with van der Waals surface area (Å²) in [4.78, 5) is 0. The van der Waals surface area contributed by atoms with Gasteiger partial charge in [-0.25, -0.2) is 0 Å². The van der Waals surface area contributed by atoms with Crippen molar-refractivity contribution in [2.45, 2.75) is 26.7 Å². The maximum atomic E-state index is 9.24. The van der Waals surface area contributed by atoms with E-state index in [9.17, 15) is 5.11 Å². The molecule has 0 saturated carbocycles. The van der Waals surface area contributed by atoms with Crippen molar-refractivity contribution in [3.05, 3.63) is 70.8 Å². The molecule has 0 radical (unpaired) electrons. The Balaban J connectivity index is 1.97. The average Bonchev–Trinajstić information content (AvgIpc) is 2.38. The van der Waals surface area contributed by atoms with Gasteiger partial charge in [-0.15, -0.1) is 0 Å². The highest BCUT2D eigenvalue weighted by Gasteiger charge is 1.96. The van der Waals surface area contributed by atoms with E-state index in [0.29, 0.717) is 5.75 Å². The summed E-state index contributed by atoms with van der Waals surface area (Å²) in [6, 6.07) is 16.0. The summed E-state index contributed by atoms with van der Waals surface area (Å²) in [5.41, 5.74) is 5.19. The maximum absolute atomic E-state index is 9.24. The summed E-state index contributed by atoms with van der Waals surface area (Å²) in [7, 11) is 0. The molecule has 0 aliphatic carbocycles. The predicted molar refractivity (Wildman–Crippen MR) is 81.3 cm³/mol. The second-order valence-electron chi connectivity index (χ2n) is 5.07. The van der Waals surface area contributed by atoms with Gasteiger partial charge >= 0.3 is 0 Å². The summed E-state index contributed by atoms with van der Waals surface area (Å²) in [6.07, 6.45) is 4.29. The van der Waals surface area contributed by atoms with Crippen LogP contribution in [0.3, 0.4) is 0 Å². The van der Waals surface area contributed by atoms with Crippen LogP contribution in [0, 0.1) is 6.92 Å². The van der Waals surface area contributed by atoms with Crippen molar-refractivity contribution in [1.29, 1.82) is 0 Å². The maximum Gasteiger partial charge on any atom is 0.115 e. The van der Waals surface area contributed by atoms with E-state index in [0.717, 1.165) is 12.8 Å². The van der Waals surface area contributed by atoms with Crippen LogP contribution < -0.4 is 0 Å². The zero-order chi connectivity index (χ0) is 13.7. The molecule has 0 heterocycles. The van der Waals surface area contributed by atoms with E-state index >= 15 is 0 Å². The predicted octanol–water partition coefficient (Wildman–Crippen LogP) is 4.74. The van der Waals surface area contributed by atoms with Crippen molar-refractivity contribution < 1.29 is 5.11 Å². The van der Waals surface area contributed by atoms with Crippen molar-refractivity contribution in [2.75, 3.05) is 0 Å². The molecule has 0 saturated heterocycles. The Bertz CT molecular complexity index is 564. The number of hydrogen-bond donors (Lipinski definition) is 1. The van der Waals surface area contributed by atoms with Gasteiger partial charge in [0.2, 0.25) is 0 Å². The third kappa shape index (κ3) is 4.29. The number of rotatable bonds is 4. The monoisotopic (exact) mass is 252 g/mol. The Morgan fingerprint density at radius 3 is 2.53 bits per heavy atom. The number of allylic oxidation sites excluding steroid dienone is 1. The molecule has 0 aliphatic rings. The van der Waals surface area contributed by atoms with Gasteiger partial charge in [0, 0.05) is 0 Å². The topological polar surface area (TPSA) is 20.2 Å². The smallest absolute Gasteiger partial charge is 0.115 e. The molecule has 0 amide bonds. The van der Waals surface area contributed by atoms with E-state index in [2.05, 4.69) is 44.2 Å². The van der Waals surface area contributed by atoms with Crippen molar-refractivity contribution in [1.82, 2.24) is 0 Å². The number of hydrogen-bond acceptors (Lipinski definition) is 1. The molecule has 0 unspecified atom stereocenters. The van der Waals surface area contributed by atoms with E-state index in [4.69, 9.17) is 0 Å². The molecule has 2 aromatic carbocycles. The fourth-order valence-corrected chi connectivity index (χ4v) is 2.12. The molecule has 0 fully saturated rings. The summed E-state index contributed by atoms with van der Waals surface area (Å²) in [5, 5.41) is 9.24. The molecule has 98 valence electrons. The van der Waals surface area contributed by atoms with Gasteiger partial charge in [-0.2, -0.15) is 0 Å². The summed E-state index contributed by atoms with van der Waals surface area (Å²) >= 11 is 0. The fraction of sp³-hybridized carbons (Fsp3) is 0.222. The summed E-state index contributed by atoms with van der Waals surface area (Å²) < 4.78 is 0. The lowest BCUT2D eigenvalue weighted by atomic mass is 10.0. The van der Waals surface area contributed by atoms with Crippen LogP contribution in [0.5, 0.6) is 5.75 Å². The molecule has 1 nitrogen and oxygen atoms in total. The third-order valence-corrected chi connectivity index (χ3v) is 3.20. The first-order chi connectivity index (χ1) is 9.13. The molecule has 0 aromatic heterocycles. The molecule has 0 aliphatic heterocycles. The minimum absolute atomic E-state index is 0.329. The van der Waals surface area contributed by atoms with Gasteiger partial charge in [0.1, 0.15) is 5.75 Å². The normalized spacial score (nSPS) is 11.6. The first kappa shape index (κ1) is 13.4. The molecule has 0 spiro atoms. The number of benzene rings is 2. The molecular weight excluding hydrogens is 232 g/mol. The van der Waals surface area contributed by atoms with Gasteiger partial charge in [0.25, 0.3) is 0 Å². The van der Waals surface area contributed by atoms with Crippen LogP contribution in [-0.2, 0) is 6.42 Å². The third-order valence-electron chi connectivity index (χ3n) is 3.20. The second kappa shape index (κ2) is 6.24. The largest absolute Gasteiger partial charge is 0.508 e. The number of aromatic hydroxyl groups is 1. The molecular formula is C18H20O. The molecule has 19 heavy (non-hydrogen) atoms. The summed E-state index contributed by atoms with van der Waals surface area (Å²) in [6.45, 7) is 4.28. The van der Waals surface area contributed by atoms with Crippen molar-refractivity contribution in [3.8, 4) is 5.75 Å². The lowest BCUT2D eigenvalue weighted by molar-refractivity contribution is 0.475. The molecule has 0 atom stereocenters. The Morgan fingerprint density at radius 2 is 1.84 bits per heavy atom. The van der Waals surface area contributed by atoms with E-state index in [1.165, 1.54) is 22.3 Å². The SMILES string of the molecule is C/C(=C\c1cccc(C)c1)CCc1ccc(O)cc1. The van der Waals surface area contributed by atoms with Gasteiger partial charge in [-0.1, -0.05) is 53.6 Å². The van der Waals surface area contributed by atoms with Gasteiger partial charge in [-0.05, 0) is 49.9 Å². The van der Waals surface area contributed by atoms with Crippen LogP contribution in [0.4, 0.5) is 0 Å². The van der Waals surface area contributed by atoms with Crippen LogP contribution >= 0.6 is 0 Å². The Hall–Kier alpha value is -2.02. The van der Waals surface area contributed by atoms with Crippen LogP contribution in [0.15, 0.2) is 54.1 Å². The highest BCUT2D eigenvalue weighted by Crippen LogP contribution is 2.16. The molecule has 1 N–H and O–H groups in total. The highest BCUT2D eigenvalue weighted by molar-refractivity contribution is 5.53. The van der Waals surface area contributed by atoms with Crippen molar-refractivity contribution in [3.63, 3.8) is 0 Å². The first-order valence-corrected chi connectivity index (χ1v) is 6.65. The lowest BCUT2D eigenvalue weighted by Crippen LogP contribution is -1.86. The van der Waals surface area contributed by atoms with Gasteiger partial charge in [-0.3, -0.25) is 0 Å². The highest BCUT2D eigenvalue weighted by atomic mass is 16.3. The summed E-state index contributed by atoms with van der Waals surface area (Å²) in [5.74, 6) is 0.329. The average molecular weight is 252 g/mol. The van der Waals surface area contributed by atoms with Gasteiger partial charge in [0.05, 0.1) is 0 Å². The molecule has 2 rings (SSSR count). The molecule has 0 bridgehead atoms. The number of phenolic OH excluding ortho intramolecular Hbond substituents is 1. The van der Waals surface area contributed by atoms with Crippen LogP contribution in [0.25, 0.3) is 6.08 Å². The van der Waals surface area contributed by atoms with Crippen LogP contribution in [-0.4, -0.2) is 5.11 Å². The van der Waals surface area contributed by atoms with E-state index in [1.807, 2.05) is 12.1 Å². The van der Waals surface area contributed by atoms with E-state index in [-0.39, 0.29) is 0 Å². The Labute approximate surface area is 115 Å². The number of phenols is 1. The first-order valence-electron chi connectivity index (χ1n) is 6.65. The van der Waals surface area contributed by atoms with Gasteiger partial charge < -0.3 is 5.11 Å². The minimum atomic E-state index is 0.329. The van der Waals surface area contributed by atoms with Crippen LogP contribution in [0.1, 0.15) is 30.0 Å².